The van der Waals surface area contributed by atoms with E-state index in [1.54, 1.807) is 42.5 Å². The Hall–Kier alpha value is -3.45. The van der Waals surface area contributed by atoms with Gasteiger partial charge in [-0.1, -0.05) is 46.3 Å². The quantitative estimate of drug-likeness (QED) is 0.381. The lowest BCUT2D eigenvalue weighted by Gasteiger charge is -2.16. The highest BCUT2D eigenvalue weighted by Crippen LogP contribution is 2.27. The maximum absolute atomic E-state index is 12.7. The molecular weight excluding hydrogens is 462 g/mol. The second-order valence-corrected chi connectivity index (χ2v) is 7.89. The van der Waals surface area contributed by atoms with Gasteiger partial charge in [0.25, 0.3) is 11.8 Å². The number of amides is 2. The van der Waals surface area contributed by atoms with Crippen molar-refractivity contribution in [3.8, 4) is 5.75 Å². The van der Waals surface area contributed by atoms with Crippen molar-refractivity contribution in [2.75, 3.05) is 7.11 Å². The van der Waals surface area contributed by atoms with Gasteiger partial charge < -0.3 is 9.47 Å². The first-order chi connectivity index (χ1) is 15.0. The van der Waals surface area contributed by atoms with Crippen LogP contribution in [0.15, 0.2) is 71.2 Å². The topological polar surface area (TPSA) is 72.9 Å². The van der Waals surface area contributed by atoms with Crippen molar-refractivity contribution >= 4 is 33.7 Å². The predicted octanol–water partition coefficient (Wildman–Crippen LogP) is 4.61. The molecule has 0 saturated heterocycles. The van der Waals surface area contributed by atoms with Crippen molar-refractivity contribution in [3.05, 3.63) is 99.0 Å². The minimum absolute atomic E-state index is 0.0450. The molecule has 1 aliphatic rings. The van der Waals surface area contributed by atoms with E-state index in [1.165, 1.54) is 12.0 Å². The summed E-state index contributed by atoms with van der Waals surface area (Å²) in [4.78, 5) is 39.1. The number of halogens is 1. The SMILES string of the molecule is COc1ccc(CN2C(=O)c3ccccc3C2=O)cc1C(=O)OCc1ccc(Br)cc1. The van der Waals surface area contributed by atoms with Crippen LogP contribution in [-0.4, -0.2) is 29.8 Å². The zero-order chi connectivity index (χ0) is 22.0. The van der Waals surface area contributed by atoms with Crippen molar-refractivity contribution in [3.63, 3.8) is 0 Å². The fourth-order valence-electron chi connectivity index (χ4n) is 3.39. The van der Waals surface area contributed by atoms with Crippen molar-refractivity contribution in [2.24, 2.45) is 0 Å². The van der Waals surface area contributed by atoms with Gasteiger partial charge in [-0.15, -0.1) is 0 Å². The van der Waals surface area contributed by atoms with Gasteiger partial charge in [0.1, 0.15) is 17.9 Å². The monoisotopic (exact) mass is 479 g/mol. The Morgan fingerprint density at radius 2 is 1.52 bits per heavy atom. The molecule has 0 fully saturated rings. The first-order valence-corrected chi connectivity index (χ1v) is 10.3. The third-order valence-corrected chi connectivity index (χ3v) is 5.51. The van der Waals surface area contributed by atoms with E-state index in [2.05, 4.69) is 15.9 Å². The molecule has 0 aromatic heterocycles. The second kappa shape index (κ2) is 8.73. The number of rotatable bonds is 6. The van der Waals surface area contributed by atoms with Crippen LogP contribution in [0.3, 0.4) is 0 Å². The van der Waals surface area contributed by atoms with Gasteiger partial charge in [-0.05, 0) is 47.5 Å². The molecule has 0 atom stereocenters. The Labute approximate surface area is 187 Å². The molecule has 0 radical (unpaired) electrons. The van der Waals surface area contributed by atoms with E-state index in [9.17, 15) is 14.4 Å². The normalized spacial score (nSPS) is 12.6. The molecule has 2 amide bonds. The molecule has 1 aliphatic heterocycles. The van der Waals surface area contributed by atoms with E-state index in [1.807, 2.05) is 24.3 Å². The number of esters is 1. The maximum atomic E-state index is 12.7. The fourth-order valence-corrected chi connectivity index (χ4v) is 3.65. The molecule has 6 nitrogen and oxygen atoms in total. The summed E-state index contributed by atoms with van der Waals surface area (Å²) in [7, 11) is 1.46. The molecule has 0 bridgehead atoms. The summed E-state index contributed by atoms with van der Waals surface area (Å²) in [6, 6.07) is 19.1. The van der Waals surface area contributed by atoms with Gasteiger partial charge in [-0.3, -0.25) is 14.5 Å². The average Bonchev–Trinajstić information content (AvgIpc) is 3.03. The molecule has 156 valence electrons. The Kier molecular flexibility index (Phi) is 5.86. The number of ether oxygens (including phenoxy) is 2. The molecule has 7 heteroatoms. The number of nitrogens with zero attached hydrogens (tertiary/aromatic N) is 1. The van der Waals surface area contributed by atoms with Gasteiger partial charge in [-0.25, -0.2) is 4.79 Å². The molecule has 31 heavy (non-hydrogen) atoms. The zero-order valence-electron chi connectivity index (χ0n) is 16.6. The van der Waals surface area contributed by atoms with Crippen LogP contribution >= 0.6 is 15.9 Å². The smallest absolute Gasteiger partial charge is 0.342 e. The van der Waals surface area contributed by atoms with Crippen molar-refractivity contribution in [1.29, 1.82) is 0 Å². The summed E-state index contributed by atoms with van der Waals surface area (Å²) in [6.07, 6.45) is 0. The second-order valence-electron chi connectivity index (χ2n) is 6.98. The van der Waals surface area contributed by atoms with E-state index in [-0.39, 0.29) is 30.5 Å². The molecule has 0 unspecified atom stereocenters. The summed E-state index contributed by atoms with van der Waals surface area (Å²) in [5.74, 6) is -0.900. The lowest BCUT2D eigenvalue weighted by atomic mass is 10.1. The number of carbonyl (C=O) groups is 3. The van der Waals surface area contributed by atoms with E-state index < -0.39 is 5.97 Å². The highest BCUT2D eigenvalue weighted by Gasteiger charge is 2.35. The van der Waals surface area contributed by atoms with Crippen LogP contribution in [0.25, 0.3) is 0 Å². The van der Waals surface area contributed by atoms with Crippen LogP contribution in [0.4, 0.5) is 0 Å². The highest BCUT2D eigenvalue weighted by atomic mass is 79.9. The molecular formula is C24H18BrNO5. The molecule has 3 aromatic rings. The number of hydrogen-bond donors (Lipinski definition) is 0. The number of imide groups is 1. The van der Waals surface area contributed by atoms with Crippen LogP contribution in [0.2, 0.25) is 0 Å². The van der Waals surface area contributed by atoms with Gasteiger partial charge in [0.05, 0.1) is 24.8 Å². The Morgan fingerprint density at radius 3 is 2.13 bits per heavy atom. The molecule has 1 heterocycles. The van der Waals surface area contributed by atoms with Gasteiger partial charge in [0.2, 0.25) is 0 Å². The number of hydrogen-bond acceptors (Lipinski definition) is 5. The molecule has 4 rings (SSSR count). The first kappa shape index (κ1) is 20.8. The number of carbonyl (C=O) groups excluding carboxylic acids is 3. The number of methoxy groups -OCH3 is 1. The Balaban J connectivity index is 1.52. The van der Waals surface area contributed by atoms with E-state index in [0.717, 1.165) is 10.0 Å². The van der Waals surface area contributed by atoms with Crippen LogP contribution in [0.1, 0.15) is 42.2 Å². The molecule has 0 aliphatic carbocycles. The summed E-state index contributed by atoms with van der Waals surface area (Å²) < 4.78 is 11.7. The predicted molar refractivity (Wildman–Crippen MR) is 117 cm³/mol. The van der Waals surface area contributed by atoms with Crippen LogP contribution in [0.5, 0.6) is 5.75 Å². The summed E-state index contributed by atoms with van der Waals surface area (Å²) >= 11 is 3.37. The largest absolute Gasteiger partial charge is 0.496 e. The molecule has 0 spiro atoms. The van der Waals surface area contributed by atoms with Crippen molar-refractivity contribution in [2.45, 2.75) is 13.2 Å². The van der Waals surface area contributed by atoms with Gasteiger partial charge in [-0.2, -0.15) is 0 Å². The van der Waals surface area contributed by atoms with Gasteiger partial charge in [0.15, 0.2) is 0 Å². The lowest BCUT2D eigenvalue weighted by Crippen LogP contribution is -2.29. The summed E-state index contributed by atoms with van der Waals surface area (Å²) in [6.45, 7) is 0.154. The zero-order valence-corrected chi connectivity index (χ0v) is 18.2. The molecule has 0 saturated carbocycles. The van der Waals surface area contributed by atoms with Gasteiger partial charge >= 0.3 is 5.97 Å². The Bertz CT molecular complexity index is 1140. The first-order valence-electron chi connectivity index (χ1n) is 9.51. The minimum atomic E-state index is -0.552. The van der Waals surface area contributed by atoms with E-state index in [0.29, 0.717) is 22.4 Å². The number of benzene rings is 3. The van der Waals surface area contributed by atoms with Crippen LogP contribution < -0.4 is 4.74 Å². The summed E-state index contributed by atoms with van der Waals surface area (Å²) in [5.41, 5.74) is 2.46. The van der Waals surface area contributed by atoms with Crippen molar-refractivity contribution in [1.82, 2.24) is 4.90 Å². The van der Waals surface area contributed by atoms with Crippen molar-refractivity contribution < 1.29 is 23.9 Å². The number of fused-ring (bicyclic) bond motifs is 1. The van der Waals surface area contributed by atoms with Crippen LogP contribution in [0, 0.1) is 0 Å². The molecule has 3 aromatic carbocycles. The summed E-state index contributed by atoms with van der Waals surface area (Å²) in [5, 5.41) is 0. The third-order valence-electron chi connectivity index (χ3n) is 4.99. The van der Waals surface area contributed by atoms with E-state index in [4.69, 9.17) is 9.47 Å². The van der Waals surface area contributed by atoms with E-state index >= 15 is 0 Å². The fraction of sp³-hybridized carbons (Fsp3) is 0.125. The average molecular weight is 480 g/mol. The van der Waals surface area contributed by atoms with Gasteiger partial charge in [0, 0.05) is 4.47 Å². The lowest BCUT2D eigenvalue weighted by molar-refractivity contribution is 0.0468. The standard InChI is InChI=1S/C24H18BrNO5/c1-30-21-11-8-16(13-26-22(27)18-4-2-3-5-19(18)23(26)28)12-20(21)24(29)31-14-15-6-9-17(25)10-7-15/h2-12H,13-14H2,1H3. The minimum Gasteiger partial charge on any atom is -0.496 e. The third kappa shape index (κ3) is 4.22. The Morgan fingerprint density at radius 1 is 0.903 bits per heavy atom. The molecule has 0 N–H and O–H groups in total. The highest BCUT2D eigenvalue weighted by molar-refractivity contribution is 9.10. The maximum Gasteiger partial charge on any atom is 0.342 e. The van der Waals surface area contributed by atoms with Crippen LogP contribution in [-0.2, 0) is 17.9 Å².